The van der Waals surface area contributed by atoms with Crippen LogP contribution in [0.5, 0.6) is 0 Å². The Morgan fingerprint density at radius 2 is 2.11 bits per heavy atom. The number of aryl methyl sites for hydroxylation is 2. The van der Waals surface area contributed by atoms with E-state index in [9.17, 15) is 4.39 Å². The van der Waals surface area contributed by atoms with E-state index in [-0.39, 0.29) is 5.56 Å². The van der Waals surface area contributed by atoms with Crippen molar-refractivity contribution in [3.63, 3.8) is 0 Å². The summed E-state index contributed by atoms with van der Waals surface area (Å²) in [7, 11) is 1.93. The number of nitriles is 1. The van der Waals surface area contributed by atoms with Gasteiger partial charge in [-0.1, -0.05) is 0 Å². The highest BCUT2D eigenvalue weighted by Crippen LogP contribution is 2.30. The number of hydrogen-bond acceptors (Lipinski definition) is 1. The van der Waals surface area contributed by atoms with Gasteiger partial charge in [-0.05, 0) is 47.2 Å². The molecule has 0 spiro atoms. The van der Waals surface area contributed by atoms with Gasteiger partial charge in [0.05, 0.1) is 5.56 Å². The molecule has 0 radical (unpaired) electrons. The van der Waals surface area contributed by atoms with Gasteiger partial charge in [0.1, 0.15) is 24.5 Å². The second-order valence-corrected chi connectivity index (χ2v) is 5.13. The fraction of sp³-hybridized carbons (Fsp3) is 0.143. The first-order chi connectivity index (χ1) is 8.56. The van der Waals surface area contributed by atoms with E-state index >= 15 is 0 Å². The van der Waals surface area contributed by atoms with Crippen LogP contribution in [0.15, 0.2) is 30.5 Å². The van der Waals surface area contributed by atoms with Crippen molar-refractivity contribution in [2.75, 3.05) is 0 Å². The van der Waals surface area contributed by atoms with Crippen molar-refractivity contribution in [2.45, 2.75) is 6.92 Å². The highest BCUT2D eigenvalue weighted by molar-refractivity contribution is 14.1. The smallest absolute Gasteiger partial charge is 0.205 e. The number of nitrogens with zero attached hydrogens (tertiary/aromatic N) is 2. The Hall–Kier alpha value is -1.48. The number of rotatable bonds is 1. The molecule has 0 saturated heterocycles. The third-order valence-corrected chi connectivity index (χ3v) is 3.92. The van der Waals surface area contributed by atoms with Crippen LogP contribution in [0, 0.1) is 27.6 Å². The molecule has 0 fully saturated rings. The fourth-order valence-electron chi connectivity index (χ4n) is 1.94. The lowest BCUT2D eigenvalue weighted by atomic mass is 10.0. The number of aromatic nitrogens is 1. The molecule has 0 aliphatic rings. The molecule has 1 aromatic heterocycles. The van der Waals surface area contributed by atoms with Gasteiger partial charge in [-0.15, -0.1) is 0 Å². The minimum atomic E-state index is -0.457. The molecule has 0 bridgehead atoms. The van der Waals surface area contributed by atoms with Crippen LogP contribution in [-0.2, 0) is 7.05 Å². The monoisotopic (exact) mass is 353 g/mol. The van der Waals surface area contributed by atoms with Crippen LogP contribution in [-0.4, -0.2) is 0 Å². The zero-order valence-electron chi connectivity index (χ0n) is 10.0. The van der Waals surface area contributed by atoms with Crippen LogP contribution in [0.4, 0.5) is 4.39 Å². The lowest BCUT2D eigenvalue weighted by Gasteiger charge is -2.09. The molecular weight excluding hydrogens is 342 g/mol. The number of hydrogen-bond donors (Lipinski definition) is 0. The Balaban J connectivity index is 2.81. The lowest BCUT2D eigenvalue weighted by molar-refractivity contribution is -0.660. The van der Waals surface area contributed by atoms with Gasteiger partial charge in [0, 0.05) is 15.7 Å². The highest BCUT2D eigenvalue weighted by Gasteiger charge is 2.20. The summed E-state index contributed by atoms with van der Waals surface area (Å²) in [6.45, 7) is 1.86. The molecule has 2 rings (SSSR count). The normalized spacial score (nSPS) is 10.2. The van der Waals surface area contributed by atoms with Crippen molar-refractivity contribution >= 4 is 22.6 Å². The molecule has 0 unspecified atom stereocenters. The average molecular weight is 353 g/mol. The van der Waals surface area contributed by atoms with E-state index in [1.54, 1.807) is 0 Å². The van der Waals surface area contributed by atoms with Gasteiger partial charge in [0.15, 0.2) is 6.20 Å². The molecule has 0 saturated carbocycles. The van der Waals surface area contributed by atoms with Crippen molar-refractivity contribution in [3.8, 4) is 17.3 Å². The van der Waals surface area contributed by atoms with E-state index in [4.69, 9.17) is 5.26 Å². The summed E-state index contributed by atoms with van der Waals surface area (Å²) >= 11 is 2.04. The van der Waals surface area contributed by atoms with E-state index in [1.807, 2.05) is 71.6 Å². The van der Waals surface area contributed by atoms with E-state index in [2.05, 4.69) is 0 Å². The second kappa shape index (κ2) is 5.02. The zero-order valence-corrected chi connectivity index (χ0v) is 12.2. The summed E-state index contributed by atoms with van der Waals surface area (Å²) in [5, 5.41) is 9.03. The Bertz CT molecular complexity index is 660. The van der Waals surface area contributed by atoms with Gasteiger partial charge in [0.2, 0.25) is 5.69 Å². The zero-order chi connectivity index (χ0) is 13.3. The summed E-state index contributed by atoms with van der Waals surface area (Å²) < 4.78 is 16.3. The van der Waals surface area contributed by atoms with E-state index < -0.39 is 5.82 Å². The first-order valence-corrected chi connectivity index (χ1v) is 6.48. The predicted octanol–water partition coefficient (Wildman–Crippen LogP) is 3.10. The Morgan fingerprint density at radius 1 is 1.39 bits per heavy atom. The van der Waals surface area contributed by atoms with Crippen LogP contribution in [0.25, 0.3) is 11.3 Å². The lowest BCUT2D eigenvalue weighted by Crippen LogP contribution is -2.30. The van der Waals surface area contributed by atoms with Gasteiger partial charge in [-0.3, -0.25) is 0 Å². The minimum absolute atomic E-state index is 0.111. The quantitative estimate of drug-likeness (QED) is 0.572. The molecule has 90 valence electrons. The maximum atomic E-state index is 13.7. The van der Waals surface area contributed by atoms with Gasteiger partial charge >= 0.3 is 0 Å². The summed E-state index contributed by atoms with van der Waals surface area (Å²) in [6, 6.07) is 9.17. The molecule has 0 atom stereocenters. The van der Waals surface area contributed by atoms with Gasteiger partial charge in [0.25, 0.3) is 0 Å². The van der Waals surface area contributed by atoms with Crippen LogP contribution >= 0.6 is 22.6 Å². The van der Waals surface area contributed by atoms with Gasteiger partial charge in [-0.2, -0.15) is 5.26 Å². The standard InChI is InChI=1S/C14H11FIN2/c1-9-7-11(15)10(8-17)14(16)13(9)12-5-3-4-6-18(12)2/h3-7H,1-2H3/q+1. The predicted molar refractivity (Wildman–Crippen MR) is 75.2 cm³/mol. The van der Waals surface area contributed by atoms with Gasteiger partial charge in [-0.25, -0.2) is 8.96 Å². The first kappa shape index (κ1) is 13.0. The molecule has 1 heterocycles. The third-order valence-electron chi connectivity index (χ3n) is 2.84. The average Bonchev–Trinajstić information content (AvgIpc) is 2.31. The maximum absolute atomic E-state index is 13.7. The van der Waals surface area contributed by atoms with Crippen molar-refractivity contribution < 1.29 is 8.96 Å². The van der Waals surface area contributed by atoms with Crippen molar-refractivity contribution in [1.82, 2.24) is 0 Å². The molecule has 0 aliphatic heterocycles. The largest absolute Gasteiger partial charge is 0.213 e. The van der Waals surface area contributed by atoms with E-state index in [1.165, 1.54) is 6.07 Å². The van der Waals surface area contributed by atoms with E-state index in [0.717, 1.165) is 16.8 Å². The third kappa shape index (κ3) is 2.10. The first-order valence-electron chi connectivity index (χ1n) is 5.40. The summed E-state index contributed by atoms with van der Waals surface area (Å²) in [5.74, 6) is -0.457. The fourth-order valence-corrected chi connectivity index (χ4v) is 3.02. The molecular formula is C14H11FIN2+. The Kier molecular flexibility index (Phi) is 3.62. The second-order valence-electron chi connectivity index (χ2n) is 4.05. The van der Waals surface area contributed by atoms with Gasteiger partial charge < -0.3 is 0 Å². The minimum Gasteiger partial charge on any atom is -0.205 e. The maximum Gasteiger partial charge on any atom is 0.213 e. The molecule has 1 aromatic carbocycles. The summed E-state index contributed by atoms with van der Waals surface area (Å²) in [4.78, 5) is 0. The topological polar surface area (TPSA) is 27.7 Å². The molecule has 0 amide bonds. The molecule has 2 nitrogen and oxygen atoms in total. The molecule has 0 aliphatic carbocycles. The highest BCUT2D eigenvalue weighted by atomic mass is 127. The molecule has 18 heavy (non-hydrogen) atoms. The number of benzene rings is 1. The van der Waals surface area contributed by atoms with E-state index in [0.29, 0.717) is 3.57 Å². The Morgan fingerprint density at radius 3 is 2.72 bits per heavy atom. The van der Waals surface area contributed by atoms with Crippen LogP contribution in [0.2, 0.25) is 0 Å². The van der Waals surface area contributed by atoms with Crippen LogP contribution in [0.3, 0.4) is 0 Å². The molecule has 2 aromatic rings. The SMILES string of the molecule is Cc1cc(F)c(C#N)c(I)c1-c1cccc[n+]1C. The van der Waals surface area contributed by atoms with Crippen LogP contribution < -0.4 is 4.57 Å². The Labute approximate surface area is 119 Å². The van der Waals surface area contributed by atoms with Crippen molar-refractivity contribution in [3.05, 3.63) is 51.0 Å². The van der Waals surface area contributed by atoms with Crippen molar-refractivity contribution in [1.29, 1.82) is 5.26 Å². The van der Waals surface area contributed by atoms with Crippen molar-refractivity contribution in [2.24, 2.45) is 7.05 Å². The molecule has 4 heteroatoms. The molecule has 0 N–H and O–H groups in total. The summed E-state index contributed by atoms with van der Waals surface area (Å²) in [6.07, 6.45) is 1.93. The van der Waals surface area contributed by atoms with Crippen LogP contribution in [0.1, 0.15) is 11.1 Å². The number of halogens is 2. The number of pyridine rings is 1. The summed E-state index contributed by atoms with van der Waals surface area (Å²) in [5.41, 5.74) is 2.82.